The Balaban J connectivity index is 1.33. The smallest absolute Gasteiger partial charge is 0.417 e. The lowest BCUT2D eigenvalue weighted by Crippen LogP contribution is -2.43. The Bertz CT molecular complexity index is 2040. The average Bonchev–Trinajstić information content (AvgIpc) is 3.33. The third kappa shape index (κ3) is 5.50. The number of aromatic nitrogens is 3. The van der Waals surface area contributed by atoms with Crippen LogP contribution < -0.4 is 15.4 Å². The van der Waals surface area contributed by atoms with Crippen molar-refractivity contribution in [2.75, 3.05) is 43.4 Å². The number of rotatable bonds is 8. The molecule has 16 heteroatoms. The van der Waals surface area contributed by atoms with E-state index in [1.165, 1.54) is 6.08 Å². The number of benzene rings is 2. The third-order valence-electron chi connectivity index (χ3n) is 10.4. The van der Waals surface area contributed by atoms with Crippen LogP contribution in [0.1, 0.15) is 44.1 Å². The summed E-state index contributed by atoms with van der Waals surface area (Å²) in [6.07, 6.45) is -1.16. The number of anilines is 2. The summed E-state index contributed by atoms with van der Waals surface area (Å²) in [4.78, 5) is 31.1. The van der Waals surface area contributed by atoms with E-state index in [9.17, 15) is 26.7 Å². The maximum Gasteiger partial charge on any atom is 0.417 e. The van der Waals surface area contributed by atoms with Crippen LogP contribution in [0.25, 0.3) is 32.2 Å². The van der Waals surface area contributed by atoms with Crippen LogP contribution in [0.2, 0.25) is 0 Å². The fraction of sp³-hybridized carbons (Fsp3) is 0.471. The van der Waals surface area contributed by atoms with Crippen LogP contribution in [0.3, 0.4) is 0 Å². The first-order valence-corrected chi connectivity index (χ1v) is 17.4. The van der Waals surface area contributed by atoms with Gasteiger partial charge >= 0.3 is 12.2 Å². The van der Waals surface area contributed by atoms with Crippen LogP contribution in [0.15, 0.2) is 30.9 Å². The van der Waals surface area contributed by atoms with Gasteiger partial charge in [-0.15, -0.1) is 0 Å². The average molecular weight is 718 g/mol. The summed E-state index contributed by atoms with van der Waals surface area (Å²) < 4.78 is 97.4. The number of alkyl halides is 4. The summed E-state index contributed by atoms with van der Waals surface area (Å²) >= 11 is 0.744. The zero-order valence-corrected chi connectivity index (χ0v) is 27.6. The maximum absolute atomic E-state index is 17.1. The van der Waals surface area contributed by atoms with Crippen molar-refractivity contribution in [3.05, 3.63) is 48.1 Å². The van der Waals surface area contributed by atoms with Gasteiger partial charge in [0.1, 0.15) is 29.9 Å². The van der Waals surface area contributed by atoms with E-state index in [-0.39, 0.29) is 82.2 Å². The Morgan fingerprint density at radius 3 is 2.66 bits per heavy atom. The highest BCUT2D eigenvalue weighted by Gasteiger charge is 2.50. The van der Waals surface area contributed by atoms with E-state index in [4.69, 9.17) is 10.5 Å². The lowest BCUT2D eigenvalue weighted by atomic mass is 9.94. The highest BCUT2D eigenvalue weighted by molar-refractivity contribution is 7.22. The van der Waals surface area contributed by atoms with E-state index in [0.29, 0.717) is 25.9 Å². The van der Waals surface area contributed by atoms with Crippen LogP contribution in [0.5, 0.6) is 6.01 Å². The Morgan fingerprint density at radius 2 is 1.92 bits per heavy atom. The van der Waals surface area contributed by atoms with E-state index < -0.39 is 46.2 Å². The van der Waals surface area contributed by atoms with Crippen LogP contribution >= 0.6 is 11.3 Å². The van der Waals surface area contributed by atoms with Crippen molar-refractivity contribution in [3.8, 4) is 17.1 Å². The topological polar surface area (TPSA) is 101 Å². The van der Waals surface area contributed by atoms with Gasteiger partial charge in [-0.2, -0.15) is 23.1 Å². The highest BCUT2D eigenvalue weighted by Crippen LogP contribution is 2.48. The molecular formula is C34H33F6N7O2S. The van der Waals surface area contributed by atoms with Gasteiger partial charge in [-0.1, -0.05) is 17.9 Å². The van der Waals surface area contributed by atoms with Gasteiger partial charge in [0.25, 0.3) is 0 Å². The number of carbonyl (C=O) groups is 1. The van der Waals surface area contributed by atoms with E-state index in [0.717, 1.165) is 48.8 Å². The van der Waals surface area contributed by atoms with Gasteiger partial charge in [0, 0.05) is 48.6 Å². The van der Waals surface area contributed by atoms with E-state index >= 15 is 4.39 Å². The molecule has 264 valence electrons. The van der Waals surface area contributed by atoms with Crippen LogP contribution in [0, 0.1) is 11.6 Å². The second-order valence-corrected chi connectivity index (χ2v) is 14.6. The molecule has 4 fully saturated rings. The molecule has 3 atom stereocenters. The normalized spacial score (nSPS) is 24.0. The second kappa shape index (κ2) is 12.0. The monoisotopic (exact) mass is 717 g/mol. The van der Waals surface area contributed by atoms with Crippen LogP contribution in [-0.4, -0.2) is 87.2 Å². The number of fused-ring (bicyclic) bond motifs is 3. The summed E-state index contributed by atoms with van der Waals surface area (Å²) in [5, 5.41) is -0.280. The number of carbonyl (C=O) groups excluding carboxylic acids is 1. The molecule has 0 bridgehead atoms. The molecule has 1 amide bonds. The zero-order valence-electron chi connectivity index (χ0n) is 26.8. The lowest BCUT2D eigenvalue weighted by molar-refractivity contribution is -0.137. The van der Waals surface area contributed by atoms with Gasteiger partial charge in [-0.25, -0.2) is 18.2 Å². The van der Waals surface area contributed by atoms with Crippen LogP contribution in [0.4, 0.5) is 37.3 Å². The van der Waals surface area contributed by atoms with Gasteiger partial charge in [0.2, 0.25) is 5.91 Å². The molecule has 2 N–H and O–H groups in total. The van der Waals surface area contributed by atoms with E-state index in [2.05, 4.69) is 21.5 Å². The number of halogens is 6. The minimum Gasteiger partial charge on any atom is -0.461 e. The van der Waals surface area contributed by atoms with Gasteiger partial charge in [-0.3, -0.25) is 9.69 Å². The number of likely N-dealkylation sites (tertiary alicyclic amines) is 1. The van der Waals surface area contributed by atoms with Crippen molar-refractivity contribution >= 4 is 49.3 Å². The molecule has 5 heterocycles. The summed E-state index contributed by atoms with van der Waals surface area (Å²) in [5.74, 6) is -2.28. The molecular weight excluding hydrogens is 684 g/mol. The number of hydrogen-bond acceptors (Lipinski definition) is 9. The maximum atomic E-state index is 17.1. The third-order valence-corrected chi connectivity index (χ3v) is 11.3. The van der Waals surface area contributed by atoms with Crippen molar-refractivity contribution in [1.29, 1.82) is 0 Å². The molecule has 3 saturated heterocycles. The molecule has 8 rings (SSSR count). The predicted octanol–water partition coefficient (Wildman–Crippen LogP) is 6.50. The zero-order chi connectivity index (χ0) is 35.1. The van der Waals surface area contributed by atoms with Crippen molar-refractivity contribution in [3.63, 3.8) is 0 Å². The van der Waals surface area contributed by atoms with Gasteiger partial charge in [0.05, 0.1) is 27.4 Å². The molecule has 4 aliphatic rings. The van der Waals surface area contributed by atoms with Gasteiger partial charge in [-0.05, 0) is 62.9 Å². The first kappa shape index (κ1) is 33.0. The summed E-state index contributed by atoms with van der Waals surface area (Å²) in [7, 11) is 0. The molecule has 2 aromatic carbocycles. The Labute approximate surface area is 286 Å². The number of thiazole rings is 1. The van der Waals surface area contributed by atoms with Crippen molar-refractivity contribution < 1.29 is 35.9 Å². The summed E-state index contributed by atoms with van der Waals surface area (Å²) in [6, 6.07) is 2.12. The summed E-state index contributed by atoms with van der Waals surface area (Å²) in [5.41, 5.74) is 2.13. The number of amides is 1. The molecule has 1 aliphatic carbocycles. The Hall–Kier alpha value is -4.18. The minimum atomic E-state index is -5.06. The summed E-state index contributed by atoms with van der Waals surface area (Å²) in [6.45, 7) is 5.22. The molecule has 9 nitrogen and oxygen atoms in total. The van der Waals surface area contributed by atoms with Gasteiger partial charge < -0.3 is 20.3 Å². The molecule has 1 saturated carbocycles. The van der Waals surface area contributed by atoms with Crippen molar-refractivity contribution in [1.82, 2.24) is 24.8 Å². The number of nitrogens with two attached hydrogens (primary N) is 1. The molecule has 0 spiro atoms. The van der Waals surface area contributed by atoms with Gasteiger partial charge in [0.15, 0.2) is 10.9 Å². The standard InChI is InChI=1S/C34H33F6N7O2S/c1-2-24(48)45-11-8-19(15-45)47(18-4-5-18)30-21-12-22(34(38,39)40)25(20-6-7-23(36)29-28(20)42-31(41)50-29)26(37)27(21)43-32(44-30)49-16-33-9-3-10-46(33)14-17(35)13-33/h2,6-7,12,17-19H,1,3-5,8-11,13-16H2,(H2,41,42)/t17-,19-,33+/m1/s1. The fourth-order valence-electron chi connectivity index (χ4n) is 8.08. The lowest BCUT2D eigenvalue weighted by Gasteiger charge is -2.33. The molecule has 2 aromatic heterocycles. The Kier molecular flexibility index (Phi) is 7.89. The number of nitrogens with zero attached hydrogens (tertiary/aromatic N) is 6. The molecule has 4 aromatic rings. The number of hydrogen-bond donors (Lipinski definition) is 1. The fourth-order valence-corrected chi connectivity index (χ4v) is 8.84. The SMILES string of the molecule is C=CC(=O)N1CC[C@@H](N(c2nc(OC[C@@]34CCCN3C[C@H](F)C4)nc3c(F)c(-c4ccc(F)c5sc(N)nc45)c(C(F)(F)F)cc23)C2CC2)C1. The first-order valence-electron chi connectivity index (χ1n) is 16.5. The predicted molar refractivity (Wildman–Crippen MR) is 177 cm³/mol. The van der Waals surface area contributed by atoms with Crippen LogP contribution in [-0.2, 0) is 11.0 Å². The number of nitrogen functional groups attached to an aromatic ring is 1. The molecule has 0 unspecified atom stereocenters. The molecule has 0 radical (unpaired) electrons. The quantitative estimate of drug-likeness (QED) is 0.163. The largest absolute Gasteiger partial charge is 0.461 e. The molecule has 50 heavy (non-hydrogen) atoms. The number of ether oxygens (including phenoxy) is 1. The minimum absolute atomic E-state index is 0.0125. The van der Waals surface area contributed by atoms with E-state index in [1.54, 1.807) is 4.90 Å². The highest BCUT2D eigenvalue weighted by atomic mass is 32.1. The molecule has 3 aliphatic heterocycles. The first-order chi connectivity index (χ1) is 23.9. The van der Waals surface area contributed by atoms with Crippen molar-refractivity contribution in [2.24, 2.45) is 0 Å². The van der Waals surface area contributed by atoms with Crippen molar-refractivity contribution in [2.45, 2.75) is 68.5 Å². The Morgan fingerprint density at radius 1 is 1.12 bits per heavy atom. The second-order valence-electron chi connectivity index (χ2n) is 13.6. The van der Waals surface area contributed by atoms with E-state index in [1.807, 2.05) is 9.80 Å².